The van der Waals surface area contributed by atoms with Crippen molar-refractivity contribution >= 4 is 57.8 Å². The van der Waals surface area contributed by atoms with Crippen LogP contribution in [0.25, 0.3) is 11.0 Å². The highest BCUT2D eigenvalue weighted by atomic mass is 35.5. The molecule has 4 rings (SSSR count). The van der Waals surface area contributed by atoms with Gasteiger partial charge in [0.2, 0.25) is 11.9 Å². The molecule has 4 amide bonds. The Hall–Kier alpha value is -4.37. The van der Waals surface area contributed by atoms with Gasteiger partial charge < -0.3 is 20.5 Å². The zero-order chi connectivity index (χ0) is 24.9. The maximum absolute atomic E-state index is 12.8. The predicted octanol–water partition coefficient (Wildman–Crippen LogP) is 4.49. The number of carbonyl (C=O) groups is 3. The lowest BCUT2D eigenvalue weighted by atomic mass is 10.2. The number of hydrogen-bond acceptors (Lipinski definition) is 4. The molecule has 9 nitrogen and oxygen atoms in total. The highest BCUT2D eigenvalue weighted by Gasteiger charge is 2.18. The Morgan fingerprint density at radius 1 is 1.00 bits per heavy atom. The summed E-state index contributed by atoms with van der Waals surface area (Å²) in [5.74, 6) is -0.408. The van der Waals surface area contributed by atoms with Crippen LogP contribution in [0.1, 0.15) is 16.8 Å². The fourth-order valence-electron chi connectivity index (χ4n) is 3.56. The van der Waals surface area contributed by atoms with Gasteiger partial charge in [0.05, 0.1) is 11.0 Å². The molecule has 1 heterocycles. The van der Waals surface area contributed by atoms with E-state index in [1.165, 1.54) is 4.90 Å². The highest BCUT2D eigenvalue weighted by molar-refractivity contribution is 6.30. The van der Waals surface area contributed by atoms with Crippen LogP contribution >= 0.6 is 11.6 Å². The third-order valence-electron chi connectivity index (χ3n) is 5.35. The fourth-order valence-corrected chi connectivity index (χ4v) is 3.69. The Morgan fingerprint density at radius 2 is 1.71 bits per heavy atom. The van der Waals surface area contributed by atoms with Crippen molar-refractivity contribution in [1.82, 2.24) is 9.55 Å². The lowest BCUT2D eigenvalue weighted by Crippen LogP contribution is -2.26. The van der Waals surface area contributed by atoms with Crippen molar-refractivity contribution in [3.05, 3.63) is 83.4 Å². The molecular weight excluding hydrogens is 468 g/mol. The zero-order valence-corrected chi connectivity index (χ0v) is 19.6. The first-order valence-electron chi connectivity index (χ1n) is 10.8. The van der Waals surface area contributed by atoms with Crippen molar-refractivity contribution in [3.8, 4) is 0 Å². The summed E-state index contributed by atoms with van der Waals surface area (Å²) >= 11 is 5.89. The number of hydrogen-bond donors (Lipinski definition) is 3. The number of rotatable bonds is 7. The molecule has 0 bridgehead atoms. The molecular formula is C25H23ClN6O3. The maximum Gasteiger partial charge on any atom is 0.326 e. The van der Waals surface area contributed by atoms with Gasteiger partial charge in [-0.25, -0.2) is 9.78 Å². The summed E-state index contributed by atoms with van der Waals surface area (Å²) in [5, 5.41) is 5.98. The molecule has 10 heteroatoms. The Morgan fingerprint density at radius 3 is 2.40 bits per heavy atom. The Balaban J connectivity index is 1.62. The second-order valence-corrected chi connectivity index (χ2v) is 8.23. The molecule has 0 saturated heterocycles. The number of nitrogens with two attached hydrogens (primary N) is 1. The molecule has 0 atom stereocenters. The lowest BCUT2D eigenvalue weighted by molar-refractivity contribution is -0.118. The number of urea groups is 1. The molecule has 0 radical (unpaired) electrons. The summed E-state index contributed by atoms with van der Waals surface area (Å²) in [6, 6.07) is 20.4. The fraction of sp³-hybridized carbons (Fsp3) is 0.120. The molecule has 0 saturated carbocycles. The topological polar surface area (TPSA) is 122 Å². The number of primary amides is 1. The number of nitrogens with zero attached hydrogens (tertiary/aromatic N) is 3. The van der Waals surface area contributed by atoms with E-state index in [9.17, 15) is 14.4 Å². The number of anilines is 3. The monoisotopic (exact) mass is 490 g/mol. The number of benzene rings is 3. The van der Waals surface area contributed by atoms with Crippen molar-refractivity contribution in [2.75, 3.05) is 22.6 Å². The standard InChI is InChI=1S/C25H23ClN6O3/c1-31(23(34)16-5-3-2-4-6-16)19-11-12-21-20(15-19)29-24(32(21)14-13-22(27)33)30-25(35)28-18-9-7-17(26)8-10-18/h2-12,15H,13-14H2,1H3,(H2,27,33)(H2,28,29,30,35). The molecule has 0 aliphatic heterocycles. The van der Waals surface area contributed by atoms with Crippen LogP contribution in [-0.2, 0) is 11.3 Å². The first-order valence-corrected chi connectivity index (χ1v) is 11.1. The highest BCUT2D eigenvalue weighted by Crippen LogP contribution is 2.26. The van der Waals surface area contributed by atoms with Gasteiger partial charge in [0, 0.05) is 42.0 Å². The van der Waals surface area contributed by atoms with Gasteiger partial charge in [-0.2, -0.15) is 0 Å². The van der Waals surface area contributed by atoms with Gasteiger partial charge in [-0.05, 0) is 54.6 Å². The van der Waals surface area contributed by atoms with Crippen LogP contribution in [0.3, 0.4) is 0 Å². The van der Waals surface area contributed by atoms with Crippen molar-refractivity contribution in [2.24, 2.45) is 5.73 Å². The van der Waals surface area contributed by atoms with Gasteiger partial charge >= 0.3 is 6.03 Å². The number of imidazole rings is 1. The van der Waals surface area contributed by atoms with E-state index in [0.29, 0.717) is 33.0 Å². The van der Waals surface area contributed by atoms with Gasteiger partial charge in [-0.1, -0.05) is 29.8 Å². The number of aryl methyl sites for hydroxylation is 1. The molecule has 0 fully saturated rings. The average Bonchev–Trinajstić information content (AvgIpc) is 3.19. The van der Waals surface area contributed by atoms with E-state index in [1.807, 2.05) is 6.07 Å². The second kappa shape index (κ2) is 10.3. The van der Waals surface area contributed by atoms with Crippen molar-refractivity contribution in [3.63, 3.8) is 0 Å². The van der Waals surface area contributed by atoms with E-state index in [0.717, 1.165) is 0 Å². The third kappa shape index (κ3) is 5.59. The predicted molar refractivity (Wildman–Crippen MR) is 137 cm³/mol. The van der Waals surface area contributed by atoms with Crippen LogP contribution in [0.5, 0.6) is 0 Å². The average molecular weight is 491 g/mol. The van der Waals surface area contributed by atoms with Crippen molar-refractivity contribution in [1.29, 1.82) is 0 Å². The Bertz CT molecular complexity index is 1390. The van der Waals surface area contributed by atoms with E-state index < -0.39 is 11.9 Å². The van der Waals surface area contributed by atoms with E-state index in [2.05, 4.69) is 15.6 Å². The number of fused-ring (bicyclic) bond motifs is 1. The van der Waals surface area contributed by atoms with Gasteiger partial charge in [-0.3, -0.25) is 14.9 Å². The number of nitrogens with one attached hydrogen (secondary N) is 2. The maximum atomic E-state index is 12.8. The molecule has 0 spiro atoms. The largest absolute Gasteiger partial charge is 0.370 e. The molecule has 0 aliphatic rings. The first kappa shape index (κ1) is 23.8. The molecule has 0 unspecified atom stereocenters. The van der Waals surface area contributed by atoms with Gasteiger partial charge in [0.25, 0.3) is 5.91 Å². The van der Waals surface area contributed by atoms with Crippen molar-refractivity contribution < 1.29 is 14.4 Å². The summed E-state index contributed by atoms with van der Waals surface area (Å²) < 4.78 is 1.70. The number of amides is 4. The Labute approximate surface area is 206 Å². The van der Waals surface area contributed by atoms with Gasteiger partial charge in [0.15, 0.2) is 0 Å². The smallest absolute Gasteiger partial charge is 0.326 e. The van der Waals surface area contributed by atoms with Crippen LogP contribution in [0.15, 0.2) is 72.8 Å². The summed E-state index contributed by atoms with van der Waals surface area (Å²) in [6.07, 6.45) is 0.0626. The first-order chi connectivity index (χ1) is 16.8. The van der Waals surface area contributed by atoms with Crippen LogP contribution in [-0.4, -0.2) is 34.4 Å². The summed E-state index contributed by atoms with van der Waals surface area (Å²) in [7, 11) is 1.68. The van der Waals surface area contributed by atoms with Gasteiger partial charge in [-0.15, -0.1) is 0 Å². The minimum atomic E-state index is -0.514. The van der Waals surface area contributed by atoms with Crippen LogP contribution in [0.2, 0.25) is 5.02 Å². The van der Waals surface area contributed by atoms with E-state index in [-0.39, 0.29) is 24.8 Å². The minimum Gasteiger partial charge on any atom is -0.370 e. The number of aromatic nitrogens is 2. The summed E-state index contributed by atoms with van der Waals surface area (Å²) in [6.45, 7) is 0.223. The Kier molecular flexibility index (Phi) is 6.98. The van der Waals surface area contributed by atoms with E-state index >= 15 is 0 Å². The normalized spacial score (nSPS) is 10.7. The molecule has 3 aromatic carbocycles. The number of carbonyl (C=O) groups excluding carboxylic acids is 3. The molecule has 4 aromatic rings. The van der Waals surface area contributed by atoms with Crippen LogP contribution in [0, 0.1) is 0 Å². The molecule has 35 heavy (non-hydrogen) atoms. The molecule has 0 aliphatic carbocycles. The van der Waals surface area contributed by atoms with Crippen molar-refractivity contribution in [2.45, 2.75) is 13.0 Å². The van der Waals surface area contributed by atoms with Gasteiger partial charge in [0.1, 0.15) is 0 Å². The summed E-state index contributed by atoms with van der Waals surface area (Å²) in [4.78, 5) is 42.9. The minimum absolute atomic E-state index is 0.0626. The lowest BCUT2D eigenvalue weighted by Gasteiger charge is -2.17. The summed E-state index contributed by atoms with van der Waals surface area (Å²) in [5.41, 5.74) is 8.30. The van der Waals surface area contributed by atoms with E-state index in [4.69, 9.17) is 17.3 Å². The molecule has 4 N–H and O–H groups in total. The van der Waals surface area contributed by atoms with E-state index in [1.54, 1.807) is 78.3 Å². The quantitative estimate of drug-likeness (QED) is 0.353. The zero-order valence-electron chi connectivity index (χ0n) is 18.9. The van der Waals surface area contributed by atoms with Crippen LogP contribution in [0.4, 0.5) is 22.1 Å². The molecule has 1 aromatic heterocycles. The molecule has 178 valence electrons. The number of halogens is 1. The third-order valence-corrected chi connectivity index (χ3v) is 5.61. The van der Waals surface area contributed by atoms with Crippen LogP contribution < -0.4 is 21.3 Å². The SMILES string of the molecule is CN(C(=O)c1ccccc1)c1ccc2c(c1)nc(NC(=O)Nc1ccc(Cl)cc1)n2CCC(N)=O. The second-order valence-electron chi connectivity index (χ2n) is 7.79.